The van der Waals surface area contributed by atoms with Crippen molar-refractivity contribution in [3.8, 4) is 5.69 Å². The summed E-state index contributed by atoms with van der Waals surface area (Å²) < 4.78 is 15.0. The lowest BCUT2D eigenvalue weighted by molar-refractivity contribution is 0.606. The van der Waals surface area contributed by atoms with Crippen LogP contribution < -0.4 is 0 Å². The molecular weight excluding hydrogens is 229 g/mol. The molecule has 3 nitrogen and oxygen atoms in total. The van der Waals surface area contributed by atoms with E-state index in [2.05, 4.69) is 16.5 Å². The predicted molar refractivity (Wildman–Crippen MR) is 59.2 cm³/mol. The lowest BCUT2D eigenvalue weighted by Crippen LogP contribution is -1.99. The van der Waals surface area contributed by atoms with E-state index in [1.807, 2.05) is 0 Å². The second kappa shape index (κ2) is 5.07. The molecule has 2 aromatic rings. The van der Waals surface area contributed by atoms with Gasteiger partial charge < -0.3 is 0 Å². The Bertz CT molecular complexity index is 456. The number of halogens is 2. The van der Waals surface area contributed by atoms with Gasteiger partial charge in [0.05, 0.1) is 11.9 Å². The molecule has 0 atom stereocenters. The van der Waals surface area contributed by atoms with E-state index in [0.29, 0.717) is 17.9 Å². The summed E-state index contributed by atoms with van der Waals surface area (Å²) >= 11 is 5.59. The van der Waals surface area contributed by atoms with Crippen molar-refractivity contribution in [1.82, 2.24) is 15.0 Å². The van der Waals surface area contributed by atoms with Crippen LogP contribution in [0, 0.1) is 12.0 Å². The highest BCUT2D eigenvalue weighted by atomic mass is 35.5. The number of hydrogen-bond acceptors (Lipinski definition) is 2. The zero-order valence-electron chi connectivity index (χ0n) is 8.53. The van der Waals surface area contributed by atoms with E-state index in [9.17, 15) is 4.39 Å². The van der Waals surface area contributed by atoms with Gasteiger partial charge in [-0.2, -0.15) is 0 Å². The van der Waals surface area contributed by atoms with Gasteiger partial charge in [-0.3, -0.25) is 0 Å². The van der Waals surface area contributed by atoms with Crippen molar-refractivity contribution in [3.63, 3.8) is 0 Å². The molecule has 0 aliphatic rings. The Hall–Kier alpha value is -1.42. The third kappa shape index (κ3) is 2.39. The third-order valence-electron chi connectivity index (χ3n) is 2.25. The van der Waals surface area contributed by atoms with Crippen molar-refractivity contribution >= 4 is 11.6 Å². The van der Waals surface area contributed by atoms with E-state index in [-0.39, 0.29) is 5.82 Å². The third-order valence-corrected chi connectivity index (χ3v) is 2.52. The number of rotatable bonds is 4. The highest BCUT2D eigenvalue weighted by Gasteiger charge is 2.05. The van der Waals surface area contributed by atoms with Gasteiger partial charge in [-0.05, 0) is 36.6 Å². The molecule has 1 radical (unpaired) electrons. The molecule has 0 amide bonds. The highest BCUT2D eigenvalue weighted by Crippen LogP contribution is 2.15. The van der Waals surface area contributed by atoms with Crippen LogP contribution in [-0.2, 0) is 6.42 Å². The van der Waals surface area contributed by atoms with Gasteiger partial charge in [-0.15, -0.1) is 16.7 Å². The minimum absolute atomic E-state index is 0.210. The van der Waals surface area contributed by atoms with Crippen LogP contribution in [0.5, 0.6) is 0 Å². The maximum atomic E-state index is 13.4. The molecule has 0 N–H and O–H groups in total. The Balaban J connectivity index is 2.28. The Kier molecular flexibility index (Phi) is 3.51. The Morgan fingerprint density at radius 3 is 3.00 bits per heavy atom. The molecule has 16 heavy (non-hydrogen) atoms. The van der Waals surface area contributed by atoms with Crippen LogP contribution in [0.3, 0.4) is 0 Å². The molecule has 83 valence electrons. The van der Waals surface area contributed by atoms with Crippen LogP contribution in [-0.4, -0.2) is 20.9 Å². The summed E-state index contributed by atoms with van der Waals surface area (Å²) in [5.74, 6) is 0.318. The van der Waals surface area contributed by atoms with Crippen LogP contribution >= 0.6 is 11.6 Å². The van der Waals surface area contributed by atoms with Crippen LogP contribution in [0.4, 0.5) is 4.39 Å². The van der Waals surface area contributed by atoms with Crippen molar-refractivity contribution in [2.75, 3.05) is 5.88 Å². The number of aromatic nitrogens is 3. The SMILES string of the molecule is Fc1ccc(-n2c[c]nn2)cc1CCCCl. The van der Waals surface area contributed by atoms with Crippen molar-refractivity contribution in [3.05, 3.63) is 42.0 Å². The van der Waals surface area contributed by atoms with Gasteiger partial charge in [0, 0.05) is 5.88 Å². The highest BCUT2D eigenvalue weighted by molar-refractivity contribution is 6.17. The number of nitrogens with zero attached hydrogens (tertiary/aromatic N) is 3. The van der Waals surface area contributed by atoms with Gasteiger partial charge in [0.2, 0.25) is 0 Å². The average Bonchev–Trinajstić information content (AvgIpc) is 2.81. The molecule has 1 heterocycles. The molecule has 1 aromatic carbocycles. The van der Waals surface area contributed by atoms with Crippen LogP contribution in [0.15, 0.2) is 24.4 Å². The second-order valence-electron chi connectivity index (χ2n) is 3.36. The summed E-state index contributed by atoms with van der Waals surface area (Å²) in [6, 6.07) is 4.84. The zero-order chi connectivity index (χ0) is 11.4. The first-order chi connectivity index (χ1) is 7.81. The molecule has 0 saturated carbocycles. The number of benzene rings is 1. The van der Waals surface area contributed by atoms with Gasteiger partial charge >= 0.3 is 0 Å². The summed E-state index contributed by atoms with van der Waals surface area (Å²) in [5.41, 5.74) is 1.42. The summed E-state index contributed by atoms with van der Waals surface area (Å²) in [6.45, 7) is 0. The molecule has 0 saturated heterocycles. The van der Waals surface area contributed by atoms with Crippen LogP contribution in [0.1, 0.15) is 12.0 Å². The Labute approximate surface area is 97.8 Å². The minimum atomic E-state index is -0.210. The largest absolute Gasteiger partial charge is 0.220 e. The molecule has 0 aliphatic carbocycles. The fourth-order valence-electron chi connectivity index (χ4n) is 1.46. The molecule has 5 heteroatoms. The van der Waals surface area contributed by atoms with Gasteiger partial charge in [0.25, 0.3) is 0 Å². The number of aryl methyl sites for hydroxylation is 1. The molecule has 0 unspecified atom stereocenters. The lowest BCUT2D eigenvalue weighted by Gasteiger charge is -2.05. The van der Waals surface area contributed by atoms with Crippen molar-refractivity contribution in [2.24, 2.45) is 0 Å². The monoisotopic (exact) mass is 238 g/mol. The quantitative estimate of drug-likeness (QED) is 0.766. The van der Waals surface area contributed by atoms with Crippen LogP contribution in [0.25, 0.3) is 5.69 Å². The first kappa shape index (κ1) is 11.1. The maximum absolute atomic E-state index is 13.4. The van der Waals surface area contributed by atoms with Crippen molar-refractivity contribution < 1.29 is 4.39 Å². The van der Waals surface area contributed by atoms with Gasteiger partial charge in [-0.1, -0.05) is 5.21 Å². The summed E-state index contributed by atoms with van der Waals surface area (Å²) in [4.78, 5) is 0. The lowest BCUT2D eigenvalue weighted by atomic mass is 10.1. The zero-order valence-corrected chi connectivity index (χ0v) is 9.28. The van der Waals surface area contributed by atoms with Gasteiger partial charge in [0.15, 0.2) is 0 Å². The average molecular weight is 239 g/mol. The standard InChI is InChI=1S/C11H10ClFN3/c12-5-1-2-9-8-10(3-4-11(9)13)16-7-6-14-15-16/h3-4,7-8H,1-2,5H2. The summed E-state index contributed by atoms with van der Waals surface area (Å²) in [7, 11) is 0. The van der Waals surface area contributed by atoms with Crippen molar-refractivity contribution in [2.45, 2.75) is 12.8 Å². The molecule has 0 aliphatic heterocycles. The second-order valence-corrected chi connectivity index (χ2v) is 3.74. The molecule has 0 bridgehead atoms. The topological polar surface area (TPSA) is 30.7 Å². The maximum Gasteiger partial charge on any atom is 0.135 e. The minimum Gasteiger partial charge on any atom is -0.220 e. The van der Waals surface area contributed by atoms with E-state index < -0.39 is 0 Å². The first-order valence-corrected chi connectivity index (χ1v) is 5.48. The van der Waals surface area contributed by atoms with E-state index in [1.165, 1.54) is 6.07 Å². The van der Waals surface area contributed by atoms with E-state index in [4.69, 9.17) is 11.6 Å². The van der Waals surface area contributed by atoms with Gasteiger partial charge in [0.1, 0.15) is 12.0 Å². The van der Waals surface area contributed by atoms with Gasteiger partial charge in [-0.25, -0.2) is 9.07 Å². The predicted octanol–water partition coefficient (Wildman–Crippen LogP) is 2.38. The molecule has 1 aromatic heterocycles. The Morgan fingerprint density at radius 1 is 1.44 bits per heavy atom. The first-order valence-electron chi connectivity index (χ1n) is 4.94. The smallest absolute Gasteiger partial charge is 0.135 e. The van der Waals surface area contributed by atoms with Crippen LogP contribution in [0.2, 0.25) is 0 Å². The molecule has 2 rings (SSSR count). The van der Waals surface area contributed by atoms with Crippen molar-refractivity contribution in [1.29, 1.82) is 0 Å². The number of alkyl halides is 1. The van der Waals surface area contributed by atoms with E-state index >= 15 is 0 Å². The summed E-state index contributed by atoms with van der Waals surface area (Å²) in [6.07, 6.45) is 5.57. The van der Waals surface area contributed by atoms with E-state index in [0.717, 1.165) is 12.1 Å². The fourth-order valence-corrected chi connectivity index (χ4v) is 1.59. The molecule has 0 spiro atoms. The molecular formula is C11H10ClFN3. The van der Waals surface area contributed by atoms with E-state index in [1.54, 1.807) is 23.0 Å². The summed E-state index contributed by atoms with van der Waals surface area (Å²) in [5, 5.41) is 7.39. The molecule has 0 fully saturated rings. The normalized spacial score (nSPS) is 10.6. The number of hydrogen-bond donors (Lipinski definition) is 0. The fraction of sp³-hybridized carbons (Fsp3) is 0.273. The Morgan fingerprint density at radius 2 is 2.31 bits per heavy atom.